The molecule has 6 nitrogen and oxygen atoms in total. The van der Waals surface area contributed by atoms with E-state index in [1.54, 1.807) is 10.9 Å². The second-order valence-electron chi connectivity index (χ2n) is 5.65. The molecule has 2 aromatic rings. The van der Waals surface area contributed by atoms with Crippen molar-refractivity contribution >= 4 is 16.9 Å². The lowest BCUT2D eigenvalue weighted by Gasteiger charge is -2.28. The zero-order chi connectivity index (χ0) is 15.6. The van der Waals surface area contributed by atoms with Crippen LogP contribution in [0.15, 0.2) is 12.3 Å². The number of rotatable bonds is 5. The number of pyridine rings is 1. The third-order valence-electron chi connectivity index (χ3n) is 3.98. The normalized spacial score (nSPS) is 14.1. The first-order valence-electron chi connectivity index (χ1n) is 7.13. The number of fused-ring (bicyclic) bond motifs is 1. The highest BCUT2D eigenvalue weighted by molar-refractivity contribution is 5.97. The molecule has 1 unspecified atom stereocenters. The Balaban J connectivity index is 2.29. The van der Waals surface area contributed by atoms with Crippen molar-refractivity contribution in [3.63, 3.8) is 0 Å². The number of hydrogen-bond acceptors (Lipinski definition) is 4. The number of carbonyl (C=O) groups is 1. The highest BCUT2D eigenvalue weighted by atomic mass is 16.3. The molecule has 0 radical (unpaired) electrons. The summed E-state index contributed by atoms with van der Waals surface area (Å²) in [4.78, 5) is 16.7. The first-order chi connectivity index (χ1) is 9.90. The molecule has 2 rings (SSSR count). The van der Waals surface area contributed by atoms with Crippen LogP contribution >= 0.6 is 0 Å². The average molecular weight is 290 g/mol. The second kappa shape index (κ2) is 5.81. The quantitative estimate of drug-likeness (QED) is 0.875. The van der Waals surface area contributed by atoms with Gasteiger partial charge in [0, 0.05) is 30.8 Å². The van der Waals surface area contributed by atoms with Gasteiger partial charge in [-0.2, -0.15) is 5.10 Å². The van der Waals surface area contributed by atoms with Crippen LogP contribution in [-0.2, 0) is 7.05 Å². The van der Waals surface area contributed by atoms with Crippen LogP contribution in [0.1, 0.15) is 42.7 Å². The van der Waals surface area contributed by atoms with Crippen LogP contribution in [0.2, 0.25) is 0 Å². The van der Waals surface area contributed by atoms with Crippen molar-refractivity contribution in [3.8, 4) is 0 Å². The summed E-state index contributed by atoms with van der Waals surface area (Å²) >= 11 is 0. The molecular weight excluding hydrogens is 268 g/mol. The number of aromatic nitrogens is 3. The van der Waals surface area contributed by atoms with Gasteiger partial charge in [0.05, 0.1) is 11.3 Å². The second-order valence-corrected chi connectivity index (χ2v) is 5.65. The van der Waals surface area contributed by atoms with Crippen molar-refractivity contribution in [1.82, 2.24) is 20.1 Å². The Morgan fingerprint density at radius 2 is 2.24 bits per heavy atom. The van der Waals surface area contributed by atoms with Crippen LogP contribution in [0, 0.1) is 6.92 Å². The fourth-order valence-electron chi connectivity index (χ4n) is 2.35. The van der Waals surface area contributed by atoms with Crippen molar-refractivity contribution in [2.24, 2.45) is 7.05 Å². The molecule has 0 bridgehead atoms. The Morgan fingerprint density at radius 1 is 1.52 bits per heavy atom. The summed E-state index contributed by atoms with van der Waals surface area (Å²) in [5, 5.41) is 17.3. The van der Waals surface area contributed by atoms with E-state index in [0.29, 0.717) is 12.0 Å². The Morgan fingerprint density at radius 3 is 2.86 bits per heavy atom. The Kier molecular flexibility index (Phi) is 4.27. The predicted molar refractivity (Wildman–Crippen MR) is 81.1 cm³/mol. The van der Waals surface area contributed by atoms with Crippen molar-refractivity contribution in [3.05, 3.63) is 23.5 Å². The summed E-state index contributed by atoms with van der Waals surface area (Å²) in [7, 11) is 1.83. The standard InChI is InChI=1S/C15H22N4O2/c1-5-15(3,6-7-20)17-14(21)11-8-12-10(2)18-19(4)13(12)16-9-11/h8-9,20H,5-7H2,1-4H3,(H,17,21). The van der Waals surface area contributed by atoms with Crippen molar-refractivity contribution < 1.29 is 9.90 Å². The first-order valence-corrected chi connectivity index (χ1v) is 7.13. The summed E-state index contributed by atoms with van der Waals surface area (Å²) in [6, 6.07) is 1.81. The number of nitrogens with zero attached hydrogens (tertiary/aromatic N) is 3. The summed E-state index contributed by atoms with van der Waals surface area (Å²) in [5.74, 6) is -0.176. The van der Waals surface area contributed by atoms with Gasteiger partial charge in [0.2, 0.25) is 0 Å². The molecule has 0 aliphatic carbocycles. The number of aliphatic hydroxyl groups is 1. The van der Waals surface area contributed by atoms with Crippen LogP contribution in [0.25, 0.3) is 11.0 Å². The van der Waals surface area contributed by atoms with Gasteiger partial charge in [0.15, 0.2) is 5.65 Å². The monoisotopic (exact) mass is 290 g/mol. The van der Waals surface area contributed by atoms with Crippen LogP contribution < -0.4 is 5.32 Å². The van der Waals surface area contributed by atoms with Crippen LogP contribution in [0.5, 0.6) is 0 Å². The third kappa shape index (κ3) is 3.05. The molecule has 0 saturated carbocycles. The zero-order valence-corrected chi connectivity index (χ0v) is 13.0. The summed E-state index contributed by atoms with van der Waals surface area (Å²) in [6.45, 7) is 5.86. The number of amides is 1. The molecule has 21 heavy (non-hydrogen) atoms. The summed E-state index contributed by atoms with van der Waals surface area (Å²) < 4.78 is 1.70. The molecule has 2 heterocycles. The Labute approximate surface area is 124 Å². The molecule has 0 aliphatic rings. The Bertz CT molecular complexity index is 665. The average Bonchev–Trinajstić information content (AvgIpc) is 2.74. The van der Waals surface area contributed by atoms with E-state index in [2.05, 4.69) is 15.4 Å². The maximum Gasteiger partial charge on any atom is 0.253 e. The summed E-state index contributed by atoms with van der Waals surface area (Å²) in [5.41, 5.74) is 1.71. The van der Waals surface area contributed by atoms with Crippen molar-refractivity contribution in [2.45, 2.75) is 39.2 Å². The molecular formula is C15H22N4O2. The van der Waals surface area contributed by atoms with Crippen molar-refractivity contribution in [1.29, 1.82) is 0 Å². The third-order valence-corrected chi connectivity index (χ3v) is 3.98. The molecule has 2 aromatic heterocycles. The van der Waals surface area contributed by atoms with Crippen LogP contribution in [0.4, 0.5) is 0 Å². The van der Waals surface area contributed by atoms with E-state index in [9.17, 15) is 4.79 Å². The number of nitrogens with one attached hydrogen (secondary N) is 1. The maximum atomic E-state index is 12.4. The minimum absolute atomic E-state index is 0.0453. The molecule has 1 amide bonds. The van der Waals surface area contributed by atoms with Gasteiger partial charge in [0.1, 0.15) is 0 Å². The predicted octanol–water partition coefficient (Wildman–Crippen LogP) is 1.56. The van der Waals surface area contributed by atoms with Gasteiger partial charge in [-0.05, 0) is 32.8 Å². The molecule has 0 spiro atoms. The number of carbonyl (C=O) groups excluding carboxylic acids is 1. The molecule has 1 atom stereocenters. The lowest BCUT2D eigenvalue weighted by Crippen LogP contribution is -2.46. The molecule has 0 saturated heterocycles. The number of aliphatic hydroxyl groups excluding tert-OH is 1. The van der Waals surface area contributed by atoms with E-state index in [4.69, 9.17) is 5.11 Å². The SMILES string of the molecule is CCC(C)(CCO)NC(=O)c1cnc2c(c1)c(C)nn2C. The molecule has 0 aliphatic heterocycles. The van der Waals surface area contributed by atoms with Gasteiger partial charge in [-0.15, -0.1) is 0 Å². The van der Waals surface area contributed by atoms with E-state index in [1.165, 1.54) is 0 Å². The van der Waals surface area contributed by atoms with Crippen LogP contribution in [0.3, 0.4) is 0 Å². The topological polar surface area (TPSA) is 80.0 Å². The molecule has 0 aromatic carbocycles. The van der Waals surface area contributed by atoms with Crippen LogP contribution in [-0.4, -0.2) is 37.9 Å². The first kappa shape index (κ1) is 15.4. The highest BCUT2D eigenvalue weighted by Gasteiger charge is 2.24. The zero-order valence-electron chi connectivity index (χ0n) is 13.0. The fraction of sp³-hybridized carbons (Fsp3) is 0.533. The lowest BCUT2D eigenvalue weighted by atomic mass is 9.94. The number of aryl methyl sites for hydroxylation is 2. The molecule has 0 fully saturated rings. The van der Waals surface area contributed by atoms with Gasteiger partial charge in [-0.1, -0.05) is 6.92 Å². The minimum atomic E-state index is -0.412. The largest absolute Gasteiger partial charge is 0.396 e. The fourth-order valence-corrected chi connectivity index (χ4v) is 2.35. The van der Waals surface area contributed by atoms with Gasteiger partial charge in [0.25, 0.3) is 5.91 Å². The van der Waals surface area contributed by atoms with E-state index >= 15 is 0 Å². The molecule has 2 N–H and O–H groups in total. The van der Waals surface area contributed by atoms with Gasteiger partial charge in [-0.3, -0.25) is 9.48 Å². The minimum Gasteiger partial charge on any atom is -0.396 e. The van der Waals surface area contributed by atoms with Gasteiger partial charge in [-0.25, -0.2) is 4.98 Å². The van der Waals surface area contributed by atoms with E-state index in [0.717, 1.165) is 23.1 Å². The van der Waals surface area contributed by atoms with Gasteiger partial charge < -0.3 is 10.4 Å². The molecule has 114 valence electrons. The van der Waals surface area contributed by atoms with E-state index < -0.39 is 5.54 Å². The Hall–Kier alpha value is -1.95. The summed E-state index contributed by atoms with van der Waals surface area (Å²) in [6.07, 6.45) is 2.84. The van der Waals surface area contributed by atoms with Crippen molar-refractivity contribution in [2.75, 3.05) is 6.61 Å². The smallest absolute Gasteiger partial charge is 0.253 e. The number of hydrogen-bond donors (Lipinski definition) is 2. The maximum absolute atomic E-state index is 12.4. The lowest BCUT2D eigenvalue weighted by molar-refractivity contribution is 0.0886. The highest BCUT2D eigenvalue weighted by Crippen LogP contribution is 2.18. The molecule has 6 heteroatoms. The van der Waals surface area contributed by atoms with Gasteiger partial charge >= 0.3 is 0 Å². The van der Waals surface area contributed by atoms with E-state index in [-0.39, 0.29) is 12.5 Å². The van der Waals surface area contributed by atoms with E-state index in [1.807, 2.05) is 33.9 Å².